The molecule has 1 aromatic rings. The van der Waals surface area contributed by atoms with Gasteiger partial charge in [0.25, 0.3) is 0 Å². The fraction of sp³-hybridized carbons (Fsp3) is 0.579. The van der Waals surface area contributed by atoms with Crippen molar-refractivity contribution >= 4 is 41.7 Å². The highest BCUT2D eigenvalue weighted by Crippen LogP contribution is 2.20. The van der Waals surface area contributed by atoms with Gasteiger partial charge in [-0.25, -0.2) is 0 Å². The van der Waals surface area contributed by atoms with Crippen molar-refractivity contribution in [2.24, 2.45) is 0 Å². The number of aliphatic carboxylic acids is 1. The molecule has 27 heavy (non-hydrogen) atoms. The van der Waals surface area contributed by atoms with Gasteiger partial charge in [-0.2, -0.15) is 0 Å². The van der Waals surface area contributed by atoms with Crippen molar-refractivity contribution in [3.63, 3.8) is 0 Å². The maximum Gasteiger partial charge on any atom is 0.317 e. The Balaban J connectivity index is 0.00000364. The summed E-state index contributed by atoms with van der Waals surface area (Å²) in [6.07, 6.45) is 4.83. The molecule has 0 aliphatic carbocycles. The molecule has 1 saturated heterocycles. The van der Waals surface area contributed by atoms with Gasteiger partial charge in [0.1, 0.15) is 0 Å². The van der Waals surface area contributed by atoms with E-state index in [9.17, 15) is 9.59 Å². The predicted molar refractivity (Wildman–Crippen MR) is 113 cm³/mol. The topological polar surface area (TPSA) is 72.9 Å². The van der Waals surface area contributed by atoms with Crippen LogP contribution in [0, 0.1) is 0 Å². The van der Waals surface area contributed by atoms with Gasteiger partial charge in [0.2, 0.25) is 5.91 Å². The number of nitrogens with one attached hydrogen (secondary N) is 1. The van der Waals surface area contributed by atoms with Crippen LogP contribution >= 0.6 is 24.2 Å². The van der Waals surface area contributed by atoms with Gasteiger partial charge in [0.15, 0.2) is 0 Å². The molecule has 0 saturated carbocycles. The highest BCUT2D eigenvalue weighted by Gasteiger charge is 2.26. The number of likely N-dealkylation sites (tertiary alicyclic amines) is 1. The molecule has 0 bridgehead atoms. The summed E-state index contributed by atoms with van der Waals surface area (Å²) in [6, 6.07) is 7.90. The Bertz CT molecular complexity index is 615. The summed E-state index contributed by atoms with van der Waals surface area (Å²) in [4.78, 5) is 28.8. The average Bonchev–Trinajstić information content (AvgIpc) is 2.87. The molecule has 0 radical (unpaired) electrons. The normalized spacial score (nSPS) is 19.0. The van der Waals surface area contributed by atoms with Gasteiger partial charge in [-0.3, -0.25) is 19.4 Å². The number of nitrogens with zero attached hydrogens (tertiary/aromatic N) is 2. The minimum atomic E-state index is -0.797. The van der Waals surface area contributed by atoms with Gasteiger partial charge >= 0.3 is 5.97 Å². The van der Waals surface area contributed by atoms with E-state index in [1.165, 1.54) is 4.90 Å². The molecule has 2 rings (SSSR count). The molecule has 0 spiro atoms. The molecule has 1 aromatic carbocycles. The van der Waals surface area contributed by atoms with E-state index >= 15 is 0 Å². The van der Waals surface area contributed by atoms with E-state index in [-0.39, 0.29) is 36.9 Å². The number of hydrogen-bond acceptors (Lipinski definition) is 5. The van der Waals surface area contributed by atoms with Gasteiger partial charge in [-0.1, -0.05) is 0 Å². The standard InChI is InChI=1S/C19H29N3O3S.ClH/c1-14(19(25)20-15-6-8-17(26-3)9-7-15)22-11-4-5-16(10-12-22)21(2)13-18(23)24;/h6-9,14,16H,4-5,10-13H2,1-3H3,(H,20,25)(H,23,24);1H. The number of carboxylic acid groups (broad SMARTS) is 1. The minimum Gasteiger partial charge on any atom is -0.480 e. The van der Waals surface area contributed by atoms with E-state index in [0.717, 1.165) is 38.0 Å². The number of likely N-dealkylation sites (N-methyl/N-ethyl adjacent to an activating group) is 1. The number of benzene rings is 1. The first-order valence-electron chi connectivity index (χ1n) is 9.01. The van der Waals surface area contributed by atoms with Crippen molar-refractivity contribution in [1.82, 2.24) is 9.80 Å². The number of carbonyl (C=O) groups excluding carboxylic acids is 1. The van der Waals surface area contributed by atoms with Crippen LogP contribution in [0.1, 0.15) is 26.2 Å². The summed E-state index contributed by atoms with van der Waals surface area (Å²) in [5.74, 6) is -0.798. The van der Waals surface area contributed by atoms with E-state index in [0.29, 0.717) is 0 Å². The van der Waals surface area contributed by atoms with Crippen LogP contribution in [0.5, 0.6) is 0 Å². The molecule has 2 unspecified atom stereocenters. The molecule has 2 N–H and O–H groups in total. The monoisotopic (exact) mass is 415 g/mol. The van der Waals surface area contributed by atoms with Crippen LogP contribution in [0.15, 0.2) is 29.2 Å². The quantitative estimate of drug-likeness (QED) is 0.667. The zero-order valence-corrected chi connectivity index (χ0v) is 17.8. The third-order valence-corrected chi connectivity index (χ3v) is 5.77. The zero-order valence-electron chi connectivity index (χ0n) is 16.2. The Hall–Kier alpha value is -1.28. The largest absolute Gasteiger partial charge is 0.480 e. The van der Waals surface area contributed by atoms with Gasteiger partial charge < -0.3 is 10.4 Å². The molecule has 1 heterocycles. The third kappa shape index (κ3) is 7.33. The number of carbonyl (C=O) groups is 2. The van der Waals surface area contributed by atoms with Crippen molar-refractivity contribution in [2.45, 2.75) is 43.2 Å². The minimum absolute atomic E-state index is 0. The molecule has 1 fully saturated rings. The van der Waals surface area contributed by atoms with Gasteiger partial charge in [-0.15, -0.1) is 24.2 Å². The summed E-state index contributed by atoms with van der Waals surface area (Å²) in [6.45, 7) is 3.66. The summed E-state index contributed by atoms with van der Waals surface area (Å²) in [7, 11) is 1.86. The lowest BCUT2D eigenvalue weighted by Crippen LogP contribution is -2.43. The molecule has 6 nitrogen and oxygen atoms in total. The molecule has 1 amide bonds. The highest BCUT2D eigenvalue weighted by atomic mass is 35.5. The number of carboxylic acids is 1. The molecule has 1 aliphatic heterocycles. The van der Waals surface area contributed by atoms with Crippen molar-refractivity contribution in [2.75, 3.05) is 38.3 Å². The van der Waals surface area contributed by atoms with Gasteiger partial charge in [0.05, 0.1) is 12.6 Å². The van der Waals surface area contributed by atoms with Crippen molar-refractivity contribution in [1.29, 1.82) is 0 Å². The second-order valence-electron chi connectivity index (χ2n) is 6.82. The lowest BCUT2D eigenvalue weighted by molar-refractivity contribution is -0.138. The van der Waals surface area contributed by atoms with E-state index in [2.05, 4.69) is 10.2 Å². The van der Waals surface area contributed by atoms with Crippen LogP contribution in [0.3, 0.4) is 0 Å². The molecule has 1 aliphatic rings. The Morgan fingerprint density at radius 1 is 1.30 bits per heavy atom. The summed E-state index contributed by atoms with van der Waals surface area (Å²) >= 11 is 1.67. The van der Waals surface area contributed by atoms with Crippen molar-refractivity contribution < 1.29 is 14.7 Å². The molecule has 2 atom stereocenters. The number of hydrogen-bond donors (Lipinski definition) is 2. The first-order chi connectivity index (χ1) is 12.4. The van der Waals surface area contributed by atoms with Gasteiger partial charge in [0, 0.05) is 23.2 Å². The maximum absolute atomic E-state index is 12.6. The Morgan fingerprint density at radius 3 is 2.56 bits per heavy atom. The summed E-state index contributed by atoms with van der Waals surface area (Å²) < 4.78 is 0. The fourth-order valence-corrected chi connectivity index (χ4v) is 3.77. The van der Waals surface area contributed by atoms with Crippen LogP contribution < -0.4 is 5.32 Å². The molecule has 0 aromatic heterocycles. The Kier molecular flexibility index (Phi) is 10.2. The molecular weight excluding hydrogens is 386 g/mol. The third-order valence-electron chi connectivity index (χ3n) is 5.02. The lowest BCUT2D eigenvalue weighted by Gasteiger charge is -2.28. The lowest BCUT2D eigenvalue weighted by atomic mass is 10.1. The average molecular weight is 416 g/mol. The number of halogens is 1. The first kappa shape index (κ1) is 23.8. The van der Waals surface area contributed by atoms with Crippen LogP contribution in [-0.4, -0.2) is 71.8 Å². The molecular formula is C19H30ClN3O3S. The van der Waals surface area contributed by atoms with Crippen LogP contribution in [0.2, 0.25) is 0 Å². The maximum atomic E-state index is 12.6. The van der Waals surface area contributed by atoms with Crippen LogP contribution in [-0.2, 0) is 9.59 Å². The van der Waals surface area contributed by atoms with E-state index in [1.54, 1.807) is 11.8 Å². The zero-order chi connectivity index (χ0) is 19.1. The molecule has 152 valence electrons. The summed E-state index contributed by atoms with van der Waals surface area (Å²) in [5, 5.41) is 12.0. The first-order valence-corrected chi connectivity index (χ1v) is 10.2. The SMILES string of the molecule is CSc1ccc(NC(=O)C(C)N2CCCC(N(C)CC(=O)O)CC2)cc1.Cl. The second-order valence-corrected chi connectivity index (χ2v) is 7.70. The predicted octanol–water partition coefficient (Wildman–Crippen LogP) is 3.03. The van der Waals surface area contributed by atoms with E-state index in [4.69, 9.17) is 5.11 Å². The van der Waals surface area contributed by atoms with E-state index in [1.807, 2.05) is 49.4 Å². The number of thioether (sulfide) groups is 1. The van der Waals surface area contributed by atoms with Crippen molar-refractivity contribution in [3.8, 4) is 0 Å². The smallest absolute Gasteiger partial charge is 0.317 e. The fourth-order valence-electron chi connectivity index (χ4n) is 3.36. The van der Waals surface area contributed by atoms with Crippen LogP contribution in [0.25, 0.3) is 0 Å². The Labute approximate surface area is 172 Å². The summed E-state index contributed by atoms with van der Waals surface area (Å²) in [5.41, 5.74) is 0.813. The highest BCUT2D eigenvalue weighted by molar-refractivity contribution is 7.98. The van der Waals surface area contributed by atoms with Crippen LogP contribution in [0.4, 0.5) is 5.69 Å². The number of rotatable bonds is 7. The number of amides is 1. The Morgan fingerprint density at radius 2 is 1.96 bits per heavy atom. The second kappa shape index (κ2) is 11.5. The molecule has 8 heteroatoms. The number of anilines is 1. The van der Waals surface area contributed by atoms with Gasteiger partial charge in [-0.05, 0) is 70.3 Å². The van der Waals surface area contributed by atoms with E-state index < -0.39 is 5.97 Å². The van der Waals surface area contributed by atoms with Crippen molar-refractivity contribution in [3.05, 3.63) is 24.3 Å².